The Labute approximate surface area is 158 Å². The van der Waals surface area contributed by atoms with Crippen LogP contribution in [0.1, 0.15) is 15.9 Å². The molecule has 4 rings (SSSR count). The molecule has 1 N–H and O–H groups in total. The number of aryl methyl sites for hydroxylation is 1. The number of aromatic nitrogens is 1. The summed E-state index contributed by atoms with van der Waals surface area (Å²) in [6, 6.07) is 17.2. The summed E-state index contributed by atoms with van der Waals surface area (Å²) in [4.78, 5) is 19.6. The van der Waals surface area contributed by atoms with E-state index in [4.69, 9.17) is 9.72 Å². The quantitative estimate of drug-likeness (QED) is 0.778. The Morgan fingerprint density at radius 3 is 2.59 bits per heavy atom. The minimum atomic E-state index is -0.663. The molecule has 2 atom stereocenters. The summed E-state index contributed by atoms with van der Waals surface area (Å²) in [6.07, 6.45) is -0.663. The van der Waals surface area contributed by atoms with Gasteiger partial charge in [0.1, 0.15) is 0 Å². The summed E-state index contributed by atoms with van der Waals surface area (Å²) < 4.78 is 5.31. The van der Waals surface area contributed by atoms with Gasteiger partial charge >= 0.3 is 0 Å². The van der Waals surface area contributed by atoms with Crippen LogP contribution in [0.25, 0.3) is 22.2 Å². The van der Waals surface area contributed by atoms with Gasteiger partial charge in [-0.05, 0) is 19.1 Å². The molecule has 0 unspecified atom stereocenters. The summed E-state index contributed by atoms with van der Waals surface area (Å²) in [7, 11) is 1.71. The summed E-state index contributed by atoms with van der Waals surface area (Å²) in [6.45, 7) is 2.64. The fourth-order valence-electron chi connectivity index (χ4n) is 3.47. The fraction of sp³-hybridized carbons (Fsp3) is 0.273. The second-order valence-corrected chi connectivity index (χ2v) is 7.03. The van der Waals surface area contributed by atoms with Crippen molar-refractivity contribution in [1.82, 2.24) is 9.88 Å². The van der Waals surface area contributed by atoms with Crippen molar-refractivity contribution >= 4 is 16.8 Å². The number of hydrogen-bond acceptors (Lipinski definition) is 4. The predicted octanol–water partition coefficient (Wildman–Crippen LogP) is 3.04. The first-order valence-electron chi connectivity index (χ1n) is 9.04. The molecule has 2 heterocycles. The standard InChI is InChI=1S/C22H22N2O3/c1-14-7-9-15(10-8-14)19-11-17(16-5-3-4-6-18(16)23-19)22(26)24(2)20-12-27-13-21(20)25/h3-11,20-21,25H,12-13H2,1-2H3/t20-,21-/m0/s1. The number of ether oxygens (including phenoxy) is 1. The highest BCUT2D eigenvalue weighted by atomic mass is 16.5. The highest BCUT2D eigenvalue weighted by molar-refractivity contribution is 6.07. The van der Waals surface area contributed by atoms with E-state index in [1.165, 1.54) is 5.56 Å². The molecular weight excluding hydrogens is 340 g/mol. The Hall–Kier alpha value is -2.76. The van der Waals surface area contributed by atoms with Gasteiger partial charge in [0.25, 0.3) is 5.91 Å². The Bertz CT molecular complexity index is 985. The topological polar surface area (TPSA) is 62.7 Å². The van der Waals surface area contributed by atoms with E-state index in [0.29, 0.717) is 12.2 Å². The van der Waals surface area contributed by atoms with Crippen LogP contribution in [0.4, 0.5) is 0 Å². The third-order valence-electron chi connectivity index (χ3n) is 5.13. The van der Waals surface area contributed by atoms with E-state index in [-0.39, 0.29) is 18.6 Å². The van der Waals surface area contributed by atoms with Crippen LogP contribution in [0, 0.1) is 6.92 Å². The van der Waals surface area contributed by atoms with E-state index in [1.807, 2.05) is 61.5 Å². The first-order chi connectivity index (χ1) is 13.0. The molecule has 2 aromatic carbocycles. The minimum absolute atomic E-state index is 0.142. The highest BCUT2D eigenvalue weighted by Gasteiger charge is 2.33. The van der Waals surface area contributed by atoms with Crippen LogP contribution in [-0.4, -0.2) is 53.3 Å². The highest BCUT2D eigenvalue weighted by Crippen LogP contribution is 2.27. The lowest BCUT2D eigenvalue weighted by atomic mass is 10.0. The third-order valence-corrected chi connectivity index (χ3v) is 5.13. The van der Waals surface area contributed by atoms with E-state index >= 15 is 0 Å². The minimum Gasteiger partial charge on any atom is -0.388 e. The van der Waals surface area contributed by atoms with Crippen LogP contribution >= 0.6 is 0 Å². The maximum absolute atomic E-state index is 13.3. The van der Waals surface area contributed by atoms with Crippen LogP contribution in [-0.2, 0) is 4.74 Å². The molecule has 1 aliphatic heterocycles. The van der Waals surface area contributed by atoms with Gasteiger partial charge in [-0.3, -0.25) is 4.79 Å². The number of para-hydroxylation sites is 1. The first-order valence-corrected chi connectivity index (χ1v) is 9.04. The molecule has 0 radical (unpaired) electrons. The number of aliphatic hydroxyl groups excluding tert-OH is 1. The normalized spacial score (nSPS) is 19.4. The maximum atomic E-state index is 13.3. The predicted molar refractivity (Wildman–Crippen MR) is 105 cm³/mol. The number of nitrogens with zero attached hydrogens (tertiary/aromatic N) is 2. The molecule has 0 saturated carbocycles. The van der Waals surface area contributed by atoms with Crippen LogP contribution in [0.3, 0.4) is 0 Å². The number of benzene rings is 2. The molecule has 0 bridgehead atoms. The van der Waals surface area contributed by atoms with Crippen molar-refractivity contribution < 1.29 is 14.6 Å². The number of aliphatic hydroxyl groups is 1. The van der Waals surface area contributed by atoms with Gasteiger partial charge in [-0.15, -0.1) is 0 Å². The SMILES string of the molecule is Cc1ccc(-c2cc(C(=O)N(C)[C@H]3COC[C@@H]3O)c3ccccc3n2)cc1. The lowest BCUT2D eigenvalue weighted by Gasteiger charge is -2.26. The molecule has 1 fully saturated rings. The average Bonchev–Trinajstić information content (AvgIpc) is 3.12. The van der Waals surface area contributed by atoms with Gasteiger partial charge in [-0.1, -0.05) is 48.0 Å². The Balaban J connectivity index is 1.81. The maximum Gasteiger partial charge on any atom is 0.254 e. The van der Waals surface area contributed by atoms with Crippen molar-refractivity contribution in [2.75, 3.05) is 20.3 Å². The molecule has 1 amide bonds. The molecule has 5 nitrogen and oxygen atoms in total. The van der Waals surface area contributed by atoms with Crippen molar-refractivity contribution in [3.8, 4) is 11.3 Å². The molecule has 5 heteroatoms. The molecule has 27 heavy (non-hydrogen) atoms. The monoisotopic (exact) mass is 362 g/mol. The van der Waals surface area contributed by atoms with E-state index in [1.54, 1.807) is 11.9 Å². The van der Waals surface area contributed by atoms with Crippen LogP contribution < -0.4 is 0 Å². The number of pyridine rings is 1. The zero-order valence-electron chi connectivity index (χ0n) is 15.4. The largest absolute Gasteiger partial charge is 0.388 e. The third kappa shape index (κ3) is 3.31. The zero-order chi connectivity index (χ0) is 19.0. The molecule has 1 aromatic heterocycles. The number of carbonyl (C=O) groups is 1. The smallest absolute Gasteiger partial charge is 0.254 e. The number of carbonyl (C=O) groups excluding carboxylic acids is 1. The van der Waals surface area contributed by atoms with Crippen molar-refractivity contribution in [3.05, 3.63) is 65.7 Å². The second-order valence-electron chi connectivity index (χ2n) is 7.03. The van der Waals surface area contributed by atoms with Crippen molar-refractivity contribution in [2.45, 2.75) is 19.1 Å². The van der Waals surface area contributed by atoms with E-state index in [2.05, 4.69) is 0 Å². The summed E-state index contributed by atoms with van der Waals surface area (Å²) in [5, 5.41) is 10.9. The van der Waals surface area contributed by atoms with Gasteiger partial charge in [-0.2, -0.15) is 0 Å². The van der Waals surface area contributed by atoms with Crippen LogP contribution in [0.15, 0.2) is 54.6 Å². The molecule has 0 spiro atoms. The van der Waals surface area contributed by atoms with Gasteiger partial charge in [-0.25, -0.2) is 4.98 Å². The van der Waals surface area contributed by atoms with Crippen molar-refractivity contribution in [1.29, 1.82) is 0 Å². The number of rotatable bonds is 3. The number of likely N-dealkylation sites (N-methyl/N-ethyl adjacent to an activating group) is 1. The lowest BCUT2D eigenvalue weighted by molar-refractivity contribution is 0.0583. The van der Waals surface area contributed by atoms with E-state index < -0.39 is 6.10 Å². The van der Waals surface area contributed by atoms with Crippen LogP contribution in [0.2, 0.25) is 0 Å². The van der Waals surface area contributed by atoms with Gasteiger partial charge in [0.2, 0.25) is 0 Å². The van der Waals surface area contributed by atoms with Gasteiger partial charge < -0.3 is 14.7 Å². The van der Waals surface area contributed by atoms with Gasteiger partial charge in [0.05, 0.1) is 42.1 Å². The summed E-state index contributed by atoms with van der Waals surface area (Å²) in [5.41, 5.74) is 4.25. The molecule has 138 valence electrons. The fourth-order valence-corrected chi connectivity index (χ4v) is 3.47. The average molecular weight is 362 g/mol. The van der Waals surface area contributed by atoms with E-state index in [9.17, 15) is 9.90 Å². The number of hydrogen-bond donors (Lipinski definition) is 1. The number of amides is 1. The first kappa shape index (κ1) is 17.6. The molecular formula is C22H22N2O3. The number of fused-ring (bicyclic) bond motifs is 1. The Morgan fingerprint density at radius 2 is 1.89 bits per heavy atom. The Kier molecular flexibility index (Phi) is 4.64. The summed E-state index contributed by atoms with van der Waals surface area (Å²) in [5.74, 6) is -0.142. The molecule has 3 aromatic rings. The van der Waals surface area contributed by atoms with Crippen LogP contribution in [0.5, 0.6) is 0 Å². The summed E-state index contributed by atoms with van der Waals surface area (Å²) >= 11 is 0. The molecule has 1 aliphatic rings. The Morgan fingerprint density at radius 1 is 1.15 bits per heavy atom. The molecule has 1 saturated heterocycles. The molecule has 0 aliphatic carbocycles. The van der Waals surface area contributed by atoms with Crippen molar-refractivity contribution in [3.63, 3.8) is 0 Å². The lowest BCUT2D eigenvalue weighted by Crippen LogP contribution is -2.44. The van der Waals surface area contributed by atoms with Gasteiger partial charge in [0.15, 0.2) is 0 Å². The van der Waals surface area contributed by atoms with E-state index in [0.717, 1.165) is 22.2 Å². The zero-order valence-corrected chi connectivity index (χ0v) is 15.4. The second kappa shape index (κ2) is 7.10. The van der Waals surface area contributed by atoms with Gasteiger partial charge in [0, 0.05) is 18.0 Å². The van der Waals surface area contributed by atoms with Crippen molar-refractivity contribution in [2.24, 2.45) is 0 Å².